The number of thiophene rings is 1. The molecule has 0 unspecified atom stereocenters. The summed E-state index contributed by atoms with van der Waals surface area (Å²) in [6.45, 7) is 2.84. The third-order valence-electron chi connectivity index (χ3n) is 4.50. The highest BCUT2D eigenvalue weighted by Gasteiger charge is 2.18. The van der Waals surface area contributed by atoms with Gasteiger partial charge in [0.05, 0.1) is 23.1 Å². The van der Waals surface area contributed by atoms with Crippen molar-refractivity contribution in [3.05, 3.63) is 75.2 Å². The summed E-state index contributed by atoms with van der Waals surface area (Å²) in [5, 5.41) is 7.52. The zero-order valence-corrected chi connectivity index (χ0v) is 16.2. The fourth-order valence-corrected chi connectivity index (χ4v) is 4.01. The van der Waals surface area contributed by atoms with E-state index in [9.17, 15) is 9.59 Å². The van der Waals surface area contributed by atoms with Gasteiger partial charge in [0.25, 0.3) is 11.5 Å². The van der Waals surface area contributed by atoms with Gasteiger partial charge in [0.1, 0.15) is 17.5 Å². The molecule has 0 fully saturated rings. The lowest BCUT2D eigenvalue weighted by Crippen LogP contribution is -2.23. The molecule has 3 aromatic heterocycles. The summed E-state index contributed by atoms with van der Waals surface area (Å²) in [6.07, 6.45) is 4.65. The average Bonchev–Trinajstić information content (AvgIpc) is 3.32. The summed E-state index contributed by atoms with van der Waals surface area (Å²) in [5.41, 5.74) is 2.63. The second-order valence-electron chi connectivity index (χ2n) is 6.49. The summed E-state index contributed by atoms with van der Waals surface area (Å²) in [4.78, 5) is 34.2. The predicted octanol–water partition coefficient (Wildman–Crippen LogP) is 1.87. The van der Waals surface area contributed by atoms with Crippen molar-refractivity contribution in [2.75, 3.05) is 0 Å². The number of rotatable bonds is 5. The van der Waals surface area contributed by atoms with E-state index in [0.717, 1.165) is 11.1 Å². The number of hydrogen-bond acceptors (Lipinski definition) is 6. The molecule has 1 N–H and O–H groups in total. The Hall–Kier alpha value is -3.33. The molecule has 4 aromatic rings. The Labute approximate surface area is 164 Å². The first kappa shape index (κ1) is 18.1. The van der Waals surface area contributed by atoms with E-state index >= 15 is 0 Å². The molecule has 0 saturated heterocycles. The molecule has 0 aliphatic carbocycles. The van der Waals surface area contributed by atoms with Gasteiger partial charge in [-0.1, -0.05) is 24.3 Å². The number of nitrogens with one attached hydrogen (secondary N) is 1. The van der Waals surface area contributed by atoms with Gasteiger partial charge in [-0.25, -0.2) is 14.6 Å². The Morgan fingerprint density at radius 1 is 1.18 bits per heavy atom. The van der Waals surface area contributed by atoms with E-state index in [-0.39, 0.29) is 11.5 Å². The van der Waals surface area contributed by atoms with E-state index in [1.54, 1.807) is 25.0 Å². The molecular weight excluding hydrogens is 376 g/mol. The number of fused-ring (bicyclic) bond motifs is 1. The second-order valence-corrected chi connectivity index (χ2v) is 7.49. The number of carbonyl (C=O) groups is 1. The normalized spacial score (nSPS) is 11.1. The predicted molar refractivity (Wildman–Crippen MR) is 106 cm³/mol. The molecule has 9 heteroatoms. The molecule has 8 nitrogen and oxygen atoms in total. The van der Waals surface area contributed by atoms with Gasteiger partial charge >= 0.3 is 0 Å². The van der Waals surface area contributed by atoms with Crippen LogP contribution in [0, 0.1) is 6.92 Å². The molecule has 28 heavy (non-hydrogen) atoms. The Kier molecular flexibility index (Phi) is 4.74. The van der Waals surface area contributed by atoms with E-state index in [1.165, 1.54) is 28.6 Å². The van der Waals surface area contributed by atoms with E-state index in [0.29, 0.717) is 33.7 Å². The molecule has 0 spiro atoms. The number of hydrogen-bond donors (Lipinski definition) is 1. The van der Waals surface area contributed by atoms with Crippen molar-refractivity contribution in [2.24, 2.45) is 7.05 Å². The van der Waals surface area contributed by atoms with Gasteiger partial charge in [-0.3, -0.25) is 9.59 Å². The van der Waals surface area contributed by atoms with Crippen LogP contribution in [0.5, 0.6) is 0 Å². The molecule has 0 aliphatic heterocycles. The van der Waals surface area contributed by atoms with Crippen LogP contribution in [-0.4, -0.2) is 30.2 Å². The third-order valence-corrected chi connectivity index (χ3v) is 5.70. The number of amides is 1. The molecule has 1 amide bonds. The van der Waals surface area contributed by atoms with Crippen molar-refractivity contribution >= 4 is 27.5 Å². The topological polar surface area (TPSA) is 94.7 Å². The van der Waals surface area contributed by atoms with Crippen LogP contribution in [-0.2, 0) is 20.1 Å². The quantitative estimate of drug-likeness (QED) is 0.558. The van der Waals surface area contributed by atoms with Crippen molar-refractivity contribution in [1.82, 2.24) is 29.6 Å². The van der Waals surface area contributed by atoms with Crippen molar-refractivity contribution in [1.29, 1.82) is 0 Å². The van der Waals surface area contributed by atoms with Crippen LogP contribution in [0.15, 0.2) is 48.0 Å². The molecule has 4 rings (SSSR count). The summed E-state index contributed by atoms with van der Waals surface area (Å²) >= 11 is 1.24. The standard InChI is InChI=1S/C19H18N6O2S/c1-12-15-18(22-11-24(2)19(15)27)28-16(12)17(26)21-7-13-3-5-14(6-4-13)8-25-10-20-9-23-25/h3-6,9-11H,7-8H2,1-2H3,(H,21,26). The maximum atomic E-state index is 12.6. The number of aromatic nitrogens is 5. The van der Waals surface area contributed by atoms with Crippen molar-refractivity contribution in [3.63, 3.8) is 0 Å². The Morgan fingerprint density at radius 3 is 2.64 bits per heavy atom. The molecule has 142 valence electrons. The van der Waals surface area contributed by atoms with Crippen LogP contribution in [0.2, 0.25) is 0 Å². The van der Waals surface area contributed by atoms with Crippen LogP contribution in [0.4, 0.5) is 0 Å². The molecule has 0 saturated carbocycles. The number of aryl methyl sites for hydroxylation is 2. The lowest BCUT2D eigenvalue weighted by molar-refractivity contribution is 0.0954. The summed E-state index contributed by atoms with van der Waals surface area (Å²) < 4.78 is 3.17. The molecule has 3 heterocycles. The average molecular weight is 394 g/mol. The summed E-state index contributed by atoms with van der Waals surface area (Å²) in [6, 6.07) is 7.95. The van der Waals surface area contributed by atoms with Gasteiger partial charge < -0.3 is 9.88 Å². The summed E-state index contributed by atoms with van der Waals surface area (Å²) in [7, 11) is 1.65. The van der Waals surface area contributed by atoms with Gasteiger partial charge in [-0.2, -0.15) is 5.10 Å². The van der Waals surface area contributed by atoms with Crippen LogP contribution < -0.4 is 10.9 Å². The van der Waals surface area contributed by atoms with Crippen molar-refractivity contribution in [2.45, 2.75) is 20.0 Å². The zero-order valence-electron chi connectivity index (χ0n) is 15.4. The van der Waals surface area contributed by atoms with Gasteiger partial charge in [0, 0.05) is 13.6 Å². The SMILES string of the molecule is Cc1c(C(=O)NCc2ccc(Cn3cncn3)cc2)sc2ncn(C)c(=O)c12. The van der Waals surface area contributed by atoms with Crippen LogP contribution in [0.1, 0.15) is 26.4 Å². The molecular formula is C19H18N6O2S. The highest BCUT2D eigenvalue weighted by Crippen LogP contribution is 2.26. The minimum Gasteiger partial charge on any atom is -0.347 e. The number of carbonyl (C=O) groups excluding carboxylic acids is 1. The van der Waals surface area contributed by atoms with Crippen molar-refractivity contribution < 1.29 is 4.79 Å². The highest BCUT2D eigenvalue weighted by molar-refractivity contribution is 7.20. The fourth-order valence-electron chi connectivity index (χ4n) is 2.95. The number of nitrogens with zero attached hydrogens (tertiary/aromatic N) is 5. The second kappa shape index (κ2) is 7.35. The van der Waals surface area contributed by atoms with E-state index in [2.05, 4.69) is 20.4 Å². The molecule has 1 aromatic carbocycles. The Morgan fingerprint density at radius 2 is 1.93 bits per heavy atom. The highest BCUT2D eigenvalue weighted by atomic mass is 32.1. The monoisotopic (exact) mass is 394 g/mol. The Balaban J connectivity index is 1.46. The van der Waals surface area contributed by atoms with Crippen molar-refractivity contribution in [3.8, 4) is 0 Å². The maximum absolute atomic E-state index is 12.6. The minimum absolute atomic E-state index is 0.138. The van der Waals surface area contributed by atoms with Crippen LogP contribution in [0.3, 0.4) is 0 Å². The van der Waals surface area contributed by atoms with Gasteiger partial charge in [0.15, 0.2) is 0 Å². The number of benzene rings is 1. The van der Waals surface area contributed by atoms with Crippen LogP contribution in [0.25, 0.3) is 10.2 Å². The first-order valence-corrected chi connectivity index (χ1v) is 9.47. The summed E-state index contributed by atoms with van der Waals surface area (Å²) in [5.74, 6) is -0.200. The first-order chi connectivity index (χ1) is 13.5. The lowest BCUT2D eigenvalue weighted by Gasteiger charge is -2.06. The first-order valence-electron chi connectivity index (χ1n) is 8.66. The minimum atomic E-state index is -0.200. The molecule has 0 radical (unpaired) electrons. The van der Waals surface area contributed by atoms with E-state index < -0.39 is 0 Å². The Bertz CT molecular complexity index is 1190. The fraction of sp³-hybridized carbons (Fsp3) is 0.211. The third kappa shape index (κ3) is 3.44. The van der Waals surface area contributed by atoms with Crippen LogP contribution >= 0.6 is 11.3 Å². The molecule has 0 bridgehead atoms. The molecule has 0 atom stereocenters. The maximum Gasteiger partial charge on any atom is 0.262 e. The lowest BCUT2D eigenvalue weighted by atomic mass is 10.1. The largest absolute Gasteiger partial charge is 0.347 e. The van der Waals surface area contributed by atoms with Gasteiger partial charge in [-0.05, 0) is 23.6 Å². The smallest absolute Gasteiger partial charge is 0.262 e. The van der Waals surface area contributed by atoms with E-state index in [4.69, 9.17) is 0 Å². The molecule has 0 aliphatic rings. The van der Waals surface area contributed by atoms with Gasteiger partial charge in [0.2, 0.25) is 0 Å². The zero-order chi connectivity index (χ0) is 19.7. The van der Waals surface area contributed by atoms with E-state index in [1.807, 2.05) is 24.3 Å². The van der Waals surface area contributed by atoms with Gasteiger partial charge in [-0.15, -0.1) is 11.3 Å².